The van der Waals surface area contributed by atoms with Crippen molar-refractivity contribution in [2.24, 2.45) is 0 Å². The molecular weight excluding hydrogens is 293 g/mol. The van der Waals surface area contributed by atoms with Crippen LogP contribution in [0.1, 0.15) is 23.2 Å². The normalized spacial score (nSPS) is 16.3. The van der Waals surface area contributed by atoms with Crippen LogP contribution in [0.15, 0.2) is 42.6 Å². The van der Waals surface area contributed by atoms with Crippen LogP contribution in [0.4, 0.5) is 4.39 Å². The Morgan fingerprint density at radius 2 is 1.87 bits per heavy atom. The molecule has 2 aromatic rings. The number of pyridine rings is 1. The maximum Gasteiger partial charge on any atom is 0.253 e. The Morgan fingerprint density at radius 3 is 2.48 bits per heavy atom. The second kappa shape index (κ2) is 6.87. The highest BCUT2D eigenvalue weighted by atomic mass is 19.1. The zero-order valence-corrected chi connectivity index (χ0v) is 13.1. The number of amides is 1. The average Bonchev–Trinajstić information content (AvgIpc) is 2.58. The number of rotatable bonds is 3. The third-order valence-electron chi connectivity index (χ3n) is 4.22. The van der Waals surface area contributed by atoms with Gasteiger partial charge in [-0.05, 0) is 69.4 Å². The van der Waals surface area contributed by atoms with Gasteiger partial charge in [-0.3, -0.25) is 9.78 Å². The molecule has 0 spiro atoms. The van der Waals surface area contributed by atoms with Crippen molar-refractivity contribution in [1.82, 2.24) is 15.2 Å². The summed E-state index contributed by atoms with van der Waals surface area (Å²) >= 11 is 0. The van der Waals surface area contributed by atoms with Crippen LogP contribution < -0.4 is 5.32 Å². The molecule has 5 heteroatoms. The molecule has 1 aliphatic rings. The molecule has 1 amide bonds. The number of hydrogen-bond donors (Lipinski definition) is 1. The van der Waals surface area contributed by atoms with Crippen LogP contribution in [0.5, 0.6) is 0 Å². The lowest BCUT2D eigenvalue weighted by Gasteiger charge is -2.29. The number of carbonyl (C=O) groups excluding carboxylic acids is 1. The fourth-order valence-corrected chi connectivity index (χ4v) is 2.74. The Hall–Kier alpha value is -2.27. The first-order valence-corrected chi connectivity index (χ1v) is 7.83. The molecule has 0 bridgehead atoms. The Kier molecular flexibility index (Phi) is 4.67. The van der Waals surface area contributed by atoms with Gasteiger partial charge in [-0.15, -0.1) is 0 Å². The summed E-state index contributed by atoms with van der Waals surface area (Å²) in [7, 11) is 2.09. The largest absolute Gasteiger partial charge is 0.349 e. The lowest BCUT2D eigenvalue weighted by atomic mass is 10.0. The van der Waals surface area contributed by atoms with Crippen molar-refractivity contribution in [2.75, 3.05) is 20.1 Å². The number of nitrogens with zero attached hydrogens (tertiary/aromatic N) is 2. The van der Waals surface area contributed by atoms with E-state index in [1.807, 2.05) is 0 Å². The maximum absolute atomic E-state index is 12.9. The number of carbonyl (C=O) groups is 1. The lowest BCUT2D eigenvalue weighted by Crippen LogP contribution is -2.43. The minimum atomic E-state index is -0.275. The summed E-state index contributed by atoms with van der Waals surface area (Å²) in [5, 5.41) is 3.07. The molecule has 0 unspecified atom stereocenters. The van der Waals surface area contributed by atoms with Crippen LogP contribution in [0.3, 0.4) is 0 Å². The van der Waals surface area contributed by atoms with Crippen molar-refractivity contribution < 1.29 is 9.18 Å². The summed E-state index contributed by atoms with van der Waals surface area (Å²) in [4.78, 5) is 18.9. The number of likely N-dealkylation sites (tertiary alicyclic amines) is 1. The second-order valence-electron chi connectivity index (χ2n) is 5.99. The van der Waals surface area contributed by atoms with Crippen LogP contribution >= 0.6 is 0 Å². The van der Waals surface area contributed by atoms with Crippen LogP contribution in [-0.4, -0.2) is 42.0 Å². The van der Waals surface area contributed by atoms with Crippen molar-refractivity contribution in [3.63, 3.8) is 0 Å². The van der Waals surface area contributed by atoms with Gasteiger partial charge in [0.05, 0.1) is 11.3 Å². The van der Waals surface area contributed by atoms with E-state index < -0.39 is 0 Å². The fourth-order valence-electron chi connectivity index (χ4n) is 2.74. The zero-order valence-electron chi connectivity index (χ0n) is 13.1. The van der Waals surface area contributed by atoms with Crippen LogP contribution in [-0.2, 0) is 0 Å². The van der Waals surface area contributed by atoms with Crippen molar-refractivity contribution in [3.05, 3.63) is 54.0 Å². The van der Waals surface area contributed by atoms with Crippen molar-refractivity contribution in [3.8, 4) is 11.3 Å². The van der Waals surface area contributed by atoms with Gasteiger partial charge in [-0.1, -0.05) is 0 Å². The third-order valence-corrected chi connectivity index (χ3v) is 4.22. The second-order valence-corrected chi connectivity index (χ2v) is 5.99. The van der Waals surface area contributed by atoms with Gasteiger partial charge < -0.3 is 10.2 Å². The summed E-state index contributed by atoms with van der Waals surface area (Å²) in [5.41, 5.74) is 2.10. The molecule has 4 nitrogen and oxygen atoms in total. The van der Waals surface area contributed by atoms with E-state index in [2.05, 4.69) is 22.2 Å². The van der Waals surface area contributed by atoms with Gasteiger partial charge in [0.1, 0.15) is 5.82 Å². The smallest absolute Gasteiger partial charge is 0.253 e. The van der Waals surface area contributed by atoms with E-state index in [0.29, 0.717) is 5.56 Å². The lowest BCUT2D eigenvalue weighted by molar-refractivity contribution is 0.0916. The number of nitrogens with one attached hydrogen (secondary N) is 1. The molecule has 1 aliphatic heterocycles. The molecule has 120 valence electrons. The first-order chi connectivity index (χ1) is 11.1. The Bertz CT molecular complexity index is 662. The average molecular weight is 313 g/mol. The molecule has 0 saturated carbocycles. The van der Waals surface area contributed by atoms with Crippen molar-refractivity contribution >= 4 is 5.91 Å². The minimum Gasteiger partial charge on any atom is -0.349 e. The molecule has 23 heavy (non-hydrogen) atoms. The van der Waals surface area contributed by atoms with Gasteiger partial charge in [-0.2, -0.15) is 0 Å². The molecule has 3 rings (SSSR count). The van der Waals surface area contributed by atoms with Gasteiger partial charge in [0.15, 0.2) is 0 Å². The highest BCUT2D eigenvalue weighted by molar-refractivity contribution is 5.94. The van der Waals surface area contributed by atoms with Crippen LogP contribution in [0, 0.1) is 5.82 Å². The first-order valence-electron chi connectivity index (χ1n) is 7.83. The molecule has 1 N–H and O–H groups in total. The summed E-state index contributed by atoms with van der Waals surface area (Å²) in [6.45, 7) is 2.01. The molecule has 1 aromatic carbocycles. The van der Waals surface area contributed by atoms with Crippen molar-refractivity contribution in [1.29, 1.82) is 0 Å². The third kappa shape index (κ3) is 3.93. The predicted molar refractivity (Wildman–Crippen MR) is 87.6 cm³/mol. The quantitative estimate of drug-likeness (QED) is 0.947. The number of halogens is 1. The van der Waals surface area contributed by atoms with Gasteiger partial charge in [0, 0.05) is 17.8 Å². The standard InChI is InChI=1S/C18H20FN3O/c1-22-10-8-16(9-11-22)21-18(23)14-4-7-17(20-12-14)13-2-5-15(19)6-3-13/h2-7,12,16H,8-11H2,1H3,(H,21,23). The van der Waals surface area contributed by atoms with Gasteiger partial charge >= 0.3 is 0 Å². The summed E-state index contributed by atoms with van der Waals surface area (Å²) in [6.07, 6.45) is 3.52. The van der Waals surface area contributed by atoms with Gasteiger partial charge in [-0.25, -0.2) is 4.39 Å². The molecule has 0 radical (unpaired) electrons. The zero-order chi connectivity index (χ0) is 16.2. The van der Waals surface area contributed by atoms with Crippen LogP contribution in [0.2, 0.25) is 0 Å². The fraction of sp³-hybridized carbons (Fsp3) is 0.333. The molecule has 0 aliphatic carbocycles. The molecular formula is C18H20FN3O. The SMILES string of the molecule is CN1CCC(NC(=O)c2ccc(-c3ccc(F)cc3)nc2)CC1. The van der Waals surface area contributed by atoms with E-state index >= 15 is 0 Å². The number of aromatic nitrogens is 1. The number of hydrogen-bond acceptors (Lipinski definition) is 3. The maximum atomic E-state index is 12.9. The van der Waals surface area contributed by atoms with E-state index in [4.69, 9.17) is 0 Å². The van der Waals surface area contributed by atoms with E-state index in [-0.39, 0.29) is 17.8 Å². The topological polar surface area (TPSA) is 45.2 Å². The Balaban J connectivity index is 1.64. The van der Waals surface area contributed by atoms with Crippen molar-refractivity contribution in [2.45, 2.75) is 18.9 Å². The molecule has 1 aromatic heterocycles. The van der Waals surface area contributed by atoms with E-state index in [9.17, 15) is 9.18 Å². The molecule has 1 saturated heterocycles. The molecule has 0 atom stereocenters. The number of piperidine rings is 1. The predicted octanol–water partition coefficient (Wildman–Crippen LogP) is 2.71. The summed E-state index contributed by atoms with van der Waals surface area (Å²) in [6, 6.07) is 9.93. The highest BCUT2D eigenvalue weighted by Crippen LogP contribution is 2.17. The number of benzene rings is 1. The summed E-state index contributed by atoms with van der Waals surface area (Å²) in [5.74, 6) is -0.361. The van der Waals surface area contributed by atoms with E-state index in [1.54, 1.807) is 30.5 Å². The molecule has 1 fully saturated rings. The first kappa shape index (κ1) is 15.6. The highest BCUT2D eigenvalue weighted by Gasteiger charge is 2.19. The van der Waals surface area contributed by atoms with Gasteiger partial charge in [0.25, 0.3) is 5.91 Å². The minimum absolute atomic E-state index is 0.0855. The summed E-state index contributed by atoms with van der Waals surface area (Å²) < 4.78 is 12.9. The Labute approximate surface area is 135 Å². The molecule has 2 heterocycles. The van der Waals surface area contributed by atoms with E-state index in [1.165, 1.54) is 12.1 Å². The monoisotopic (exact) mass is 313 g/mol. The Morgan fingerprint density at radius 1 is 1.17 bits per heavy atom. The van der Waals surface area contributed by atoms with E-state index in [0.717, 1.165) is 37.2 Å². The van der Waals surface area contributed by atoms with Crippen LogP contribution in [0.25, 0.3) is 11.3 Å². The van der Waals surface area contributed by atoms with Gasteiger partial charge in [0.2, 0.25) is 0 Å².